The summed E-state index contributed by atoms with van der Waals surface area (Å²) in [4.78, 5) is 25.6. The number of benzene rings is 1. The van der Waals surface area contributed by atoms with Crippen molar-refractivity contribution in [1.82, 2.24) is 10.2 Å². The number of nitrogens with one attached hydrogen (secondary N) is 2. The molecule has 2 N–H and O–H groups in total. The molecule has 1 aliphatic carbocycles. The van der Waals surface area contributed by atoms with Crippen LogP contribution in [0.3, 0.4) is 0 Å². The molecule has 1 aliphatic rings. The lowest BCUT2D eigenvalue weighted by Gasteiger charge is -2.18. The van der Waals surface area contributed by atoms with Crippen LogP contribution >= 0.6 is 23.2 Å². The van der Waals surface area contributed by atoms with Crippen molar-refractivity contribution in [2.24, 2.45) is 5.92 Å². The van der Waals surface area contributed by atoms with Crippen LogP contribution in [-0.4, -0.2) is 42.9 Å². The van der Waals surface area contributed by atoms with Crippen molar-refractivity contribution < 1.29 is 9.59 Å². The predicted octanol–water partition coefficient (Wildman–Crippen LogP) is 2.78. The second kappa shape index (κ2) is 7.99. The first kappa shape index (κ1) is 18.0. The number of carbonyl (C=O) groups excluding carboxylic acids is 2. The lowest BCUT2D eigenvalue weighted by Crippen LogP contribution is -2.42. The van der Waals surface area contributed by atoms with E-state index in [1.54, 1.807) is 30.1 Å². The quantitative estimate of drug-likeness (QED) is 0.788. The van der Waals surface area contributed by atoms with Crippen LogP contribution < -0.4 is 10.6 Å². The molecule has 7 heteroatoms. The zero-order valence-corrected chi connectivity index (χ0v) is 14.7. The molecule has 1 aromatic carbocycles. The normalized spacial score (nSPS) is 15.3. The molecule has 2 amide bonds. The van der Waals surface area contributed by atoms with Gasteiger partial charge in [0, 0.05) is 11.7 Å². The summed E-state index contributed by atoms with van der Waals surface area (Å²) in [6.45, 7) is 2.32. The number of rotatable bonds is 7. The van der Waals surface area contributed by atoms with Crippen LogP contribution in [0.15, 0.2) is 18.2 Å². The largest absolute Gasteiger partial charge is 0.352 e. The summed E-state index contributed by atoms with van der Waals surface area (Å²) < 4.78 is 0. The summed E-state index contributed by atoms with van der Waals surface area (Å²) >= 11 is 11.7. The molecule has 2 rings (SSSR count). The highest BCUT2D eigenvalue weighted by molar-refractivity contribution is 6.42. The molecule has 1 aromatic rings. The molecular formula is C16H21Cl2N3O2. The first-order valence-corrected chi connectivity index (χ1v) is 8.33. The van der Waals surface area contributed by atoms with Crippen LogP contribution in [0.25, 0.3) is 0 Å². The third-order valence-corrected chi connectivity index (χ3v) is 4.49. The Bertz CT molecular complexity index is 591. The zero-order chi connectivity index (χ0) is 17.0. The number of likely N-dealkylation sites (N-methyl/N-ethyl adjacent to an activating group) is 1. The Morgan fingerprint density at radius 1 is 1.22 bits per heavy atom. The van der Waals surface area contributed by atoms with Crippen LogP contribution in [0.4, 0.5) is 5.69 Å². The fourth-order valence-corrected chi connectivity index (χ4v) is 2.63. The maximum Gasteiger partial charge on any atom is 0.238 e. The molecule has 0 heterocycles. The van der Waals surface area contributed by atoms with Crippen molar-refractivity contribution in [3.05, 3.63) is 28.2 Å². The van der Waals surface area contributed by atoms with E-state index >= 15 is 0 Å². The van der Waals surface area contributed by atoms with Gasteiger partial charge in [-0.3, -0.25) is 14.5 Å². The Kier molecular flexibility index (Phi) is 6.27. The molecule has 126 valence electrons. The summed E-state index contributed by atoms with van der Waals surface area (Å²) in [5.74, 6) is 0.338. The minimum atomic E-state index is -0.214. The highest BCUT2D eigenvalue weighted by atomic mass is 35.5. The van der Waals surface area contributed by atoms with Gasteiger partial charge in [0.15, 0.2) is 0 Å². The van der Waals surface area contributed by atoms with Gasteiger partial charge in [0.1, 0.15) is 0 Å². The van der Waals surface area contributed by atoms with Crippen LogP contribution in [0.5, 0.6) is 0 Å². The van der Waals surface area contributed by atoms with E-state index in [9.17, 15) is 9.59 Å². The number of hydrogen-bond donors (Lipinski definition) is 2. The van der Waals surface area contributed by atoms with Gasteiger partial charge in [-0.2, -0.15) is 0 Å². The topological polar surface area (TPSA) is 61.4 Å². The second-order valence-corrected chi connectivity index (χ2v) is 6.86. The number of amides is 2. The standard InChI is InChI=1S/C16H21Cl2N3O2/c1-10(11-3-4-11)19-15(22)8-21(2)9-16(23)20-12-5-6-13(17)14(18)7-12/h5-7,10-11H,3-4,8-9H2,1-2H3,(H,19,22)(H,20,23)/t10-/m1/s1. The van der Waals surface area contributed by atoms with Crippen molar-refractivity contribution in [3.8, 4) is 0 Å². The molecule has 0 aromatic heterocycles. The molecule has 0 aliphatic heterocycles. The number of anilines is 1. The van der Waals surface area contributed by atoms with Crippen molar-refractivity contribution in [2.45, 2.75) is 25.8 Å². The Hall–Kier alpha value is -1.30. The van der Waals surface area contributed by atoms with E-state index in [0.29, 0.717) is 21.7 Å². The smallest absolute Gasteiger partial charge is 0.238 e. The monoisotopic (exact) mass is 357 g/mol. The highest BCUT2D eigenvalue weighted by Crippen LogP contribution is 2.32. The number of nitrogens with zero attached hydrogens (tertiary/aromatic N) is 1. The Morgan fingerprint density at radius 3 is 2.48 bits per heavy atom. The van der Waals surface area contributed by atoms with E-state index in [1.807, 2.05) is 6.92 Å². The lowest BCUT2D eigenvalue weighted by molar-refractivity contribution is -0.123. The molecule has 0 radical (unpaired) electrons. The van der Waals surface area contributed by atoms with E-state index in [4.69, 9.17) is 23.2 Å². The van der Waals surface area contributed by atoms with Gasteiger partial charge in [-0.1, -0.05) is 23.2 Å². The number of carbonyl (C=O) groups is 2. The van der Waals surface area contributed by atoms with Crippen LogP contribution in [0, 0.1) is 5.92 Å². The van der Waals surface area contributed by atoms with Crippen molar-refractivity contribution in [2.75, 3.05) is 25.5 Å². The average molecular weight is 358 g/mol. The molecule has 0 saturated heterocycles. The molecular weight excluding hydrogens is 337 g/mol. The molecule has 5 nitrogen and oxygen atoms in total. The van der Waals surface area contributed by atoms with E-state index in [1.165, 1.54) is 12.8 Å². The van der Waals surface area contributed by atoms with E-state index < -0.39 is 0 Å². The molecule has 23 heavy (non-hydrogen) atoms. The number of halogens is 2. The highest BCUT2D eigenvalue weighted by Gasteiger charge is 2.29. The maximum atomic E-state index is 12.0. The maximum absolute atomic E-state index is 12.0. The first-order chi connectivity index (χ1) is 10.8. The molecule has 0 bridgehead atoms. The van der Waals surface area contributed by atoms with Gasteiger partial charge in [-0.25, -0.2) is 0 Å². The molecule has 1 fully saturated rings. The van der Waals surface area contributed by atoms with Gasteiger partial charge in [-0.05, 0) is 50.9 Å². The van der Waals surface area contributed by atoms with E-state index in [-0.39, 0.29) is 30.9 Å². The van der Waals surface area contributed by atoms with Gasteiger partial charge in [0.2, 0.25) is 11.8 Å². The summed E-state index contributed by atoms with van der Waals surface area (Å²) in [6, 6.07) is 5.10. The fourth-order valence-electron chi connectivity index (χ4n) is 2.33. The van der Waals surface area contributed by atoms with Crippen molar-refractivity contribution in [1.29, 1.82) is 0 Å². The average Bonchev–Trinajstić information content (AvgIpc) is 3.26. The van der Waals surface area contributed by atoms with Crippen LogP contribution in [0.2, 0.25) is 10.0 Å². The summed E-state index contributed by atoms with van der Waals surface area (Å²) in [5, 5.41) is 6.51. The summed E-state index contributed by atoms with van der Waals surface area (Å²) in [7, 11) is 1.73. The van der Waals surface area contributed by atoms with Gasteiger partial charge >= 0.3 is 0 Å². The van der Waals surface area contributed by atoms with E-state index in [2.05, 4.69) is 10.6 Å². The first-order valence-electron chi connectivity index (χ1n) is 7.58. The fraction of sp³-hybridized carbons (Fsp3) is 0.500. The minimum absolute atomic E-state index is 0.0609. The molecule has 1 atom stereocenters. The van der Waals surface area contributed by atoms with Gasteiger partial charge in [0.25, 0.3) is 0 Å². The Morgan fingerprint density at radius 2 is 1.87 bits per heavy atom. The second-order valence-electron chi connectivity index (χ2n) is 6.04. The third-order valence-electron chi connectivity index (χ3n) is 3.75. The predicted molar refractivity (Wildman–Crippen MR) is 92.9 cm³/mol. The van der Waals surface area contributed by atoms with Crippen molar-refractivity contribution in [3.63, 3.8) is 0 Å². The SMILES string of the molecule is C[C@@H](NC(=O)CN(C)CC(=O)Nc1ccc(Cl)c(Cl)c1)C1CC1. The Balaban J connectivity index is 1.75. The summed E-state index contributed by atoms with van der Waals surface area (Å²) in [6.07, 6.45) is 2.37. The third kappa shape index (κ3) is 6.01. The summed E-state index contributed by atoms with van der Waals surface area (Å²) in [5.41, 5.74) is 0.574. The van der Waals surface area contributed by atoms with Crippen LogP contribution in [0.1, 0.15) is 19.8 Å². The molecule has 0 unspecified atom stereocenters. The van der Waals surface area contributed by atoms with Gasteiger partial charge in [0.05, 0.1) is 23.1 Å². The van der Waals surface area contributed by atoms with Gasteiger partial charge < -0.3 is 10.6 Å². The molecule has 0 spiro atoms. The lowest BCUT2D eigenvalue weighted by atomic mass is 10.2. The minimum Gasteiger partial charge on any atom is -0.352 e. The van der Waals surface area contributed by atoms with Gasteiger partial charge in [-0.15, -0.1) is 0 Å². The number of hydrogen-bond acceptors (Lipinski definition) is 3. The molecule has 1 saturated carbocycles. The zero-order valence-electron chi connectivity index (χ0n) is 13.2. The Labute approximate surface area is 146 Å². The van der Waals surface area contributed by atoms with Crippen LogP contribution in [-0.2, 0) is 9.59 Å². The van der Waals surface area contributed by atoms with E-state index in [0.717, 1.165) is 0 Å². The van der Waals surface area contributed by atoms with Crippen molar-refractivity contribution >= 4 is 40.7 Å².